The van der Waals surface area contributed by atoms with Crippen LogP contribution in [0, 0.1) is 0 Å². The van der Waals surface area contributed by atoms with Crippen LogP contribution in [0.25, 0.3) is 0 Å². The molecule has 0 aromatic heterocycles. The SMILES string of the molecule is CC(=O)SCCC(O)C(O)c1ccccc1C1OCCO1. The first-order chi connectivity index (χ1) is 10.1. The summed E-state index contributed by atoms with van der Waals surface area (Å²) >= 11 is 1.14. The fourth-order valence-corrected chi connectivity index (χ4v) is 2.87. The topological polar surface area (TPSA) is 76.0 Å². The van der Waals surface area contributed by atoms with E-state index < -0.39 is 18.5 Å². The highest BCUT2D eigenvalue weighted by atomic mass is 32.2. The van der Waals surface area contributed by atoms with Gasteiger partial charge in [0.25, 0.3) is 0 Å². The van der Waals surface area contributed by atoms with Crippen molar-refractivity contribution in [3.63, 3.8) is 0 Å². The number of carbonyl (C=O) groups excluding carboxylic acids is 1. The number of hydrogen-bond acceptors (Lipinski definition) is 6. The zero-order valence-corrected chi connectivity index (χ0v) is 12.7. The summed E-state index contributed by atoms with van der Waals surface area (Å²) in [5, 5.41) is 20.4. The van der Waals surface area contributed by atoms with Gasteiger partial charge in [-0.2, -0.15) is 0 Å². The molecule has 0 bridgehead atoms. The maximum atomic E-state index is 10.9. The fourth-order valence-electron chi connectivity index (χ4n) is 2.22. The second-order valence-corrected chi connectivity index (χ2v) is 6.12. The molecule has 1 heterocycles. The van der Waals surface area contributed by atoms with Crippen molar-refractivity contribution in [2.24, 2.45) is 0 Å². The van der Waals surface area contributed by atoms with E-state index in [1.807, 2.05) is 12.1 Å². The molecule has 0 saturated carbocycles. The molecule has 2 N–H and O–H groups in total. The van der Waals surface area contributed by atoms with Crippen LogP contribution in [-0.4, -0.2) is 40.4 Å². The molecule has 5 nitrogen and oxygen atoms in total. The largest absolute Gasteiger partial charge is 0.390 e. The first-order valence-corrected chi connectivity index (χ1v) is 7.89. The van der Waals surface area contributed by atoms with E-state index in [1.54, 1.807) is 12.1 Å². The van der Waals surface area contributed by atoms with E-state index in [4.69, 9.17) is 9.47 Å². The lowest BCUT2D eigenvalue weighted by Crippen LogP contribution is -2.21. The van der Waals surface area contributed by atoms with Gasteiger partial charge in [0.2, 0.25) is 0 Å². The molecule has 1 aromatic carbocycles. The molecule has 1 aromatic rings. The molecule has 2 atom stereocenters. The Labute approximate surface area is 128 Å². The molecule has 1 aliphatic rings. The second kappa shape index (κ2) is 7.91. The number of thioether (sulfide) groups is 1. The molecule has 0 radical (unpaired) electrons. The Kier molecular flexibility index (Phi) is 6.20. The molecule has 2 unspecified atom stereocenters. The van der Waals surface area contributed by atoms with Crippen LogP contribution in [0.3, 0.4) is 0 Å². The molecular formula is C15H20O5S. The first-order valence-electron chi connectivity index (χ1n) is 6.91. The zero-order valence-electron chi connectivity index (χ0n) is 11.9. The highest BCUT2D eigenvalue weighted by molar-refractivity contribution is 8.13. The predicted octanol–water partition coefficient (Wildman–Crippen LogP) is 1.80. The van der Waals surface area contributed by atoms with E-state index in [2.05, 4.69) is 0 Å². The summed E-state index contributed by atoms with van der Waals surface area (Å²) in [6, 6.07) is 7.22. The van der Waals surface area contributed by atoms with E-state index >= 15 is 0 Å². The van der Waals surface area contributed by atoms with Crippen LogP contribution in [-0.2, 0) is 14.3 Å². The summed E-state index contributed by atoms with van der Waals surface area (Å²) in [5.41, 5.74) is 1.34. The fraction of sp³-hybridized carbons (Fsp3) is 0.533. The number of benzene rings is 1. The lowest BCUT2D eigenvalue weighted by atomic mass is 9.97. The third-order valence-corrected chi connectivity index (χ3v) is 4.12. The molecule has 1 saturated heterocycles. The van der Waals surface area contributed by atoms with Crippen LogP contribution in [0.4, 0.5) is 0 Å². The van der Waals surface area contributed by atoms with Gasteiger partial charge in [0.1, 0.15) is 6.10 Å². The van der Waals surface area contributed by atoms with Gasteiger partial charge in [-0.1, -0.05) is 36.0 Å². The normalized spacial score (nSPS) is 18.6. The third kappa shape index (κ3) is 4.52. The smallest absolute Gasteiger partial charge is 0.185 e. The Morgan fingerprint density at radius 3 is 2.67 bits per heavy atom. The standard InChI is InChI=1S/C15H20O5S/c1-10(16)21-9-6-13(17)14(18)11-4-2-3-5-12(11)15-19-7-8-20-15/h2-5,13-15,17-18H,6-9H2,1H3. The molecule has 21 heavy (non-hydrogen) atoms. The number of hydrogen-bond donors (Lipinski definition) is 2. The first kappa shape index (κ1) is 16.5. The zero-order chi connectivity index (χ0) is 15.2. The predicted molar refractivity (Wildman–Crippen MR) is 79.8 cm³/mol. The van der Waals surface area contributed by atoms with Crippen LogP contribution < -0.4 is 0 Å². The van der Waals surface area contributed by atoms with Gasteiger partial charge in [-0.25, -0.2) is 0 Å². The van der Waals surface area contributed by atoms with Crippen molar-refractivity contribution in [2.45, 2.75) is 31.8 Å². The summed E-state index contributed by atoms with van der Waals surface area (Å²) < 4.78 is 10.9. The van der Waals surface area contributed by atoms with Crippen molar-refractivity contribution in [3.8, 4) is 0 Å². The van der Waals surface area contributed by atoms with Crippen molar-refractivity contribution in [1.82, 2.24) is 0 Å². The molecule has 1 aliphatic heterocycles. The summed E-state index contributed by atoms with van der Waals surface area (Å²) in [6.07, 6.45) is -2.11. The summed E-state index contributed by atoms with van der Waals surface area (Å²) in [7, 11) is 0. The maximum absolute atomic E-state index is 10.9. The Bertz CT molecular complexity index is 473. The van der Waals surface area contributed by atoms with E-state index in [1.165, 1.54) is 6.92 Å². The number of carbonyl (C=O) groups is 1. The van der Waals surface area contributed by atoms with Crippen molar-refractivity contribution in [1.29, 1.82) is 0 Å². The van der Waals surface area contributed by atoms with Crippen LogP contribution >= 0.6 is 11.8 Å². The van der Waals surface area contributed by atoms with Gasteiger partial charge in [-0.15, -0.1) is 0 Å². The van der Waals surface area contributed by atoms with Gasteiger partial charge in [0.15, 0.2) is 11.4 Å². The van der Waals surface area contributed by atoms with E-state index in [0.717, 1.165) is 17.3 Å². The lowest BCUT2D eigenvalue weighted by Gasteiger charge is -2.22. The van der Waals surface area contributed by atoms with Crippen LogP contribution in [0.5, 0.6) is 0 Å². The maximum Gasteiger partial charge on any atom is 0.185 e. The lowest BCUT2D eigenvalue weighted by molar-refractivity contribution is -0.109. The van der Waals surface area contributed by atoms with E-state index in [0.29, 0.717) is 31.0 Å². The Morgan fingerprint density at radius 2 is 2.00 bits per heavy atom. The monoisotopic (exact) mass is 312 g/mol. The Morgan fingerprint density at radius 1 is 1.33 bits per heavy atom. The molecule has 116 valence electrons. The Hall–Kier alpha value is -0.920. The minimum absolute atomic E-state index is 0.00449. The minimum Gasteiger partial charge on any atom is -0.390 e. The van der Waals surface area contributed by atoms with E-state index in [-0.39, 0.29) is 5.12 Å². The van der Waals surface area contributed by atoms with Gasteiger partial charge in [0.05, 0.1) is 19.3 Å². The van der Waals surface area contributed by atoms with Crippen molar-refractivity contribution >= 4 is 16.9 Å². The van der Waals surface area contributed by atoms with Gasteiger partial charge in [0, 0.05) is 18.2 Å². The molecule has 6 heteroatoms. The molecule has 1 fully saturated rings. The summed E-state index contributed by atoms with van der Waals surface area (Å²) in [4.78, 5) is 10.9. The van der Waals surface area contributed by atoms with Gasteiger partial charge < -0.3 is 19.7 Å². The third-order valence-electron chi connectivity index (χ3n) is 3.27. The highest BCUT2D eigenvalue weighted by Gasteiger charge is 2.27. The molecule has 0 aliphatic carbocycles. The molecule has 2 rings (SSSR count). The van der Waals surface area contributed by atoms with Crippen molar-refractivity contribution < 1.29 is 24.5 Å². The molecular weight excluding hydrogens is 292 g/mol. The summed E-state index contributed by atoms with van der Waals surface area (Å²) in [5.74, 6) is 0.478. The van der Waals surface area contributed by atoms with Gasteiger partial charge in [-0.05, 0) is 12.0 Å². The number of rotatable bonds is 6. The second-order valence-electron chi connectivity index (χ2n) is 4.84. The quantitative estimate of drug-likeness (QED) is 0.834. The number of ether oxygens (including phenoxy) is 2. The minimum atomic E-state index is -1.03. The average Bonchev–Trinajstić information content (AvgIpc) is 3.00. The molecule has 0 spiro atoms. The molecule has 0 amide bonds. The number of aliphatic hydroxyl groups is 2. The van der Waals surface area contributed by atoms with Crippen molar-refractivity contribution in [2.75, 3.05) is 19.0 Å². The van der Waals surface area contributed by atoms with Crippen LogP contribution in [0.1, 0.15) is 36.9 Å². The summed E-state index contributed by atoms with van der Waals surface area (Å²) in [6.45, 7) is 2.53. The highest BCUT2D eigenvalue weighted by Crippen LogP contribution is 2.31. The Balaban J connectivity index is 2.04. The average molecular weight is 312 g/mol. The van der Waals surface area contributed by atoms with Crippen LogP contribution in [0.15, 0.2) is 24.3 Å². The van der Waals surface area contributed by atoms with Gasteiger partial charge >= 0.3 is 0 Å². The van der Waals surface area contributed by atoms with Crippen molar-refractivity contribution in [3.05, 3.63) is 35.4 Å². The number of aliphatic hydroxyl groups excluding tert-OH is 2. The van der Waals surface area contributed by atoms with Crippen LogP contribution in [0.2, 0.25) is 0 Å². The van der Waals surface area contributed by atoms with E-state index in [9.17, 15) is 15.0 Å². The van der Waals surface area contributed by atoms with Gasteiger partial charge in [-0.3, -0.25) is 4.79 Å².